The van der Waals surface area contributed by atoms with Crippen molar-refractivity contribution < 1.29 is 38.4 Å². The largest absolute Gasteiger partial charge is 0.329 e. The highest BCUT2D eigenvalue weighted by molar-refractivity contribution is 6.05. The minimum Gasteiger partial charge on any atom is -0.329 e. The summed E-state index contributed by atoms with van der Waals surface area (Å²) in [4.78, 5) is 106. The Morgan fingerprint density at radius 2 is 0.688 bits per heavy atom. The molecule has 8 aliphatic heterocycles. The third-order valence-electron chi connectivity index (χ3n) is 18.0. The van der Waals surface area contributed by atoms with Crippen molar-refractivity contribution in [2.24, 2.45) is 0 Å². The predicted octanol–water partition coefficient (Wildman–Crippen LogP) is 15.0. The zero-order chi connectivity index (χ0) is 72.3. The normalized spacial score (nSPS) is 20.3. The Morgan fingerprint density at radius 3 is 1.10 bits per heavy atom. The third kappa shape index (κ3) is 17.8. The summed E-state index contributed by atoms with van der Waals surface area (Å²) in [5.74, 6) is -0.592. The van der Waals surface area contributed by atoms with Crippen molar-refractivity contribution >= 4 is 47.3 Å². The molecular formula is C80H112N8O8. The standard InChI is InChI=1S/4C18H22N2O2.4C2H6/c1-11-5-8-15(16(21)19-11)20-10-12-9-13(18(2,3)4)6-7-14(12)17(20)22;1-11-5-8-15(16(21)19-11)20-10-12-6-7-13(18(2,3)4)9-14(12)17(20)22;1-11-8-9-15(16(21)19-11)20-10-13-12(17(20)22)6-5-7-14(13)18(2,3)4;1-11-8-9-14(16(21)19-11)20-10-12-6-5-7-13(18(2,3)4)15(12)17(20)22;4*1-2/h2*6-7,9,15H,1,5,8,10H2,2-4H3,(H,19,21);5-7,15H,1,8-10H2,2-4H3,(H,19,21);5-7,14H,1,8-10H2,2-4H3,(H,19,21);4*1-2H3. The van der Waals surface area contributed by atoms with E-state index in [2.05, 4.69) is 149 Å². The van der Waals surface area contributed by atoms with Gasteiger partial charge >= 0.3 is 0 Å². The molecule has 96 heavy (non-hydrogen) atoms. The maximum Gasteiger partial charge on any atom is 0.255 e. The fraction of sp³-hybridized carbons (Fsp3) is 0.500. The lowest BCUT2D eigenvalue weighted by atomic mass is 9.82. The van der Waals surface area contributed by atoms with Gasteiger partial charge in [0.25, 0.3) is 23.6 Å². The first-order valence-electron chi connectivity index (χ1n) is 34.8. The molecule has 4 atom stereocenters. The summed E-state index contributed by atoms with van der Waals surface area (Å²) < 4.78 is 0. The van der Waals surface area contributed by atoms with E-state index >= 15 is 0 Å². The Kier molecular flexibility index (Phi) is 26.6. The number of rotatable bonds is 4. The lowest BCUT2D eigenvalue weighted by molar-refractivity contribution is -0.127. The van der Waals surface area contributed by atoms with Crippen LogP contribution in [0.3, 0.4) is 0 Å². The lowest BCUT2D eigenvalue weighted by Gasteiger charge is -2.31. The highest BCUT2D eigenvalue weighted by Gasteiger charge is 2.44. The maximum atomic E-state index is 12.9. The number of benzene rings is 4. The molecular weight excluding hydrogens is 1200 g/mol. The molecule has 4 fully saturated rings. The quantitative estimate of drug-likeness (QED) is 0.155. The van der Waals surface area contributed by atoms with Gasteiger partial charge in [0, 0.05) is 71.2 Å². The Labute approximate surface area is 574 Å². The summed E-state index contributed by atoms with van der Waals surface area (Å²) >= 11 is 0. The van der Waals surface area contributed by atoms with E-state index in [-0.39, 0.29) is 81.0 Å². The van der Waals surface area contributed by atoms with Gasteiger partial charge in [-0.15, -0.1) is 0 Å². The second-order valence-electron chi connectivity index (χ2n) is 28.7. The fourth-order valence-corrected chi connectivity index (χ4v) is 12.9. The molecule has 8 aliphatic rings. The van der Waals surface area contributed by atoms with E-state index in [1.807, 2.05) is 110 Å². The molecule has 0 saturated carbocycles. The van der Waals surface area contributed by atoms with E-state index in [0.717, 1.165) is 104 Å². The number of hydrogen-bond acceptors (Lipinski definition) is 8. The molecule has 12 rings (SSSR count). The van der Waals surface area contributed by atoms with E-state index in [4.69, 9.17) is 0 Å². The Hall–Kier alpha value is -8.40. The first-order valence-corrected chi connectivity index (χ1v) is 34.8. The van der Waals surface area contributed by atoms with Crippen molar-refractivity contribution in [2.75, 3.05) is 0 Å². The number of nitrogens with one attached hydrogen (secondary N) is 4. The van der Waals surface area contributed by atoms with Gasteiger partial charge < -0.3 is 40.9 Å². The minimum atomic E-state index is -0.391. The molecule has 0 aromatic heterocycles. The summed E-state index contributed by atoms with van der Waals surface area (Å²) in [6.07, 6.45) is 5.50. The predicted molar refractivity (Wildman–Crippen MR) is 387 cm³/mol. The number of fused-ring (bicyclic) bond motifs is 4. The van der Waals surface area contributed by atoms with Crippen LogP contribution in [-0.4, -0.2) is 91.0 Å². The summed E-state index contributed by atoms with van der Waals surface area (Å²) in [6, 6.07) is 22.4. The second-order valence-corrected chi connectivity index (χ2v) is 28.7. The van der Waals surface area contributed by atoms with Gasteiger partial charge in [-0.05, 0) is 136 Å². The van der Waals surface area contributed by atoms with Gasteiger partial charge in [0.05, 0.1) is 0 Å². The number of carbonyl (C=O) groups excluding carboxylic acids is 8. The highest BCUT2D eigenvalue weighted by atomic mass is 16.2. The minimum absolute atomic E-state index is 0.00266. The van der Waals surface area contributed by atoms with Gasteiger partial charge in [0.1, 0.15) is 24.2 Å². The van der Waals surface area contributed by atoms with Crippen molar-refractivity contribution in [1.82, 2.24) is 40.9 Å². The molecule has 0 radical (unpaired) electrons. The van der Waals surface area contributed by atoms with Gasteiger partial charge in [0.2, 0.25) is 23.6 Å². The second kappa shape index (κ2) is 32.6. The Balaban J connectivity index is 0.000000223. The molecule has 0 bridgehead atoms. The van der Waals surface area contributed by atoms with Crippen LogP contribution in [0.25, 0.3) is 0 Å². The molecule has 4 aromatic carbocycles. The molecule has 4 N–H and O–H groups in total. The molecule has 8 heterocycles. The lowest BCUT2D eigenvalue weighted by Crippen LogP contribution is -2.49. The van der Waals surface area contributed by atoms with E-state index in [0.29, 0.717) is 51.9 Å². The van der Waals surface area contributed by atoms with Crippen LogP contribution in [0.2, 0.25) is 0 Å². The molecule has 0 aliphatic carbocycles. The number of allylic oxidation sites excluding steroid dienone is 4. The van der Waals surface area contributed by atoms with Crippen LogP contribution in [-0.2, 0) is 67.0 Å². The van der Waals surface area contributed by atoms with Crippen molar-refractivity contribution in [3.63, 3.8) is 0 Å². The van der Waals surface area contributed by atoms with Crippen molar-refractivity contribution in [3.8, 4) is 0 Å². The maximum absolute atomic E-state index is 12.9. The first-order chi connectivity index (χ1) is 45.1. The summed E-state index contributed by atoms with van der Waals surface area (Å²) in [5, 5.41) is 11.1. The molecule has 8 amide bonds. The Morgan fingerprint density at radius 1 is 0.344 bits per heavy atom. The van der Waals surface area contributed by atoms with Crippen LogP contribution in [0.15, 0.2) is 122 Å². The molecule has 4 saturated heterocycles. The van der Waals surface area contributed by atoms with Gasteiger partial charge in [-0.2, -0.15) is 0 Å². The van der Waals surface area contributed by atoms with E-state index in [9.17, 15) is 38.4 Å². The number of piperidine rings is 4. The van der Waals surface area contributed by atoms with Gasteiger partial charge in [0.15, 0.2) is 0 Å². The van der Waals surface area contributed by atoms with Crippen molar-refractivity contribution in [1.29, 1.82) is 0 Å². The van der Waals surface area contributed by atoms with E-state index in [1.54, 1.807) is 19.6 Å². The molecule has 520 valence electrons. The van der Waals surface area contributed by atoms with Crippen LogP contribution in [0.4, 0.5) is 0 Å². The third-order valence-corrected chi connectivity index (χ3v) is 18.0. The zero-order valence-electron chi connectivity index (χ0n) is 61.6. The molecule has 0 spiro atoms. The number of amides is 8. The average molecular weight is 1310 g/mol. The zero-order valence-corrected chi connectivity index (χ0v) is 61.6. The van der Waals surface area contributed by atoms with Gasteiger partial charge in [-0.1, -0.05) is 219 Å². The van der Waals surface area contributed by atoms with Crippen LogP contribution in [0.1, 0.15) is 276 Å². The molecule has 16 heteroatoms. The highest BCUT2D eigenvalue weighted by Crippen LogP contribution is 2.39. The molecule has 16 nitrogen and oxygen atoms in total. The monoisotopic (exact) mass is 1310 g/mol. The van der Waals surface area contributed by atoms with Crippen LogP contribution in [0.5, 0.6) is 0 Å². The van der Waals surface area contributed by atoms with E-state index < -0.39 is 12.1 Å². The number of nitrogens with zero attached hydrogens (tertiary/aromatic N) is 4. The van der Waals surface area contributed by atoms with Crippen molar-refractivity contribution in [3.05, 3.63) is 189 Å². The summed E-state index contributed by atoms with van der Waals surface area (Å²) in [5.41, 5.74) is 14.6. The topological polar surface area (TPSA) is 198 Å². The molecule has 4 unspecified atom stereocenters. The van der Waals surface area contributed by atoms with Gasteiger partial charge in [-0.25, -0.2) is 0 Å². The van der Waals surface area contributed by atoms with Crippen molar-refractivity contribution in [2.45, 2.75) is 262 Å². The smallest absolute Gasteiger partial charge is 0.255 e. The van der Waals surface area contributed by atoms with E-state index in [1.165, 1.54) is 11.1 Å². The SMILES string of the molecule is C=C1CCC(N2Cc3c(cccc3C(C)(C)C)C2=O)C(=O)N1.C=C1CCC(N2Cc3cc(C(C)(C)C)ccc3C2=O)C(=O)N1.C=C1CCC(N2Cc3ccc(C(C)(C)C)cc3C2=O)C(=O)N1.C=C1CCC(N2Cc3cccc(C(C)(C)C)c3C2=O)C(=O)N1.CC.CC.CC.CC. The molecule has 4 aromatic rings. The first kappa shape index (κ1) is 78.3. The number of hydrogen-bond donors (Lipinski definition) is 4. The van der Waals surface area contributed by atoms with Crippen LogP contribution < -0.4 is 21.3 Å². The Bertz CT molecular complexity index is 3540. The average Bonchev–Trinajstić information content (AvgIpc) is 1.63. The van der Waals surface area contributed by atoms with Gasteiger partial charge in [-0.3, -0.25) is 38.4 Å². The number of carbonyl (C=O) groups is 8. The van der Waals surface area contributed by atoms with Crippen LogP contribution >= 0.6 is 0 Å². The fourth-order valence-electron chi connectivity index (χ4n) is 12.9. The summed E-state index contributed by atoms with van der Waals surface area (Å²) in [6.45, 7) is 58.9. The summed E-state index contributed by atoms with van der Waals surface area (Å²) in [7, 11) is 0. The van der Waals surface area contributed by atoms with Crippen LogP contribution in [0, 0.1) is 0 Å².